The molecule has 0 spiro atoms. The van der Waals surface area contributed by atoms with Crippen LogP contribution in [0.1, 0.15) is 37.8 Å². The van der Waals surface area contributed by atoms with Crippen molar-refractivity contribution in [2.45, 2.75) is 51.6 Å². The maximum absolute atomic E-state index is 12.5. The van der Waals surface area contributed by atoms with Gasteiger partial charge >= 0.3 is 0 Å². The van der Waals surface area contributed by atoms with E-state index in [0.717, 1.165) is 37.0 Å². The Kier molecular flexibility index (Phi) is 5.71. The number of methoxy groups -OCH3 is 1. The van der Waals surface area contributed by atoms with Crippen molar-refractivity contribution in [1.29, 1.82) is 0 Å². The number of ether oxygens (including phenoxy) is 1. The van der Waals surface area contributed by atoms with Crippen molar-refractivity contribution in [1.82, 2.24) is 14.9 Å². The molecule has 1 aromatic heterocycles. The van der Waals surface area contributed by atoms with Crippen LogP contribution in [-0.2, 0) is 11.3 Å². The molecule has 1 saturated carbocycles. The largest absolute Gasteiger partial charge is 0.497 e. The Morgan fingerprint density at radius 3 is 2.58 bits per heavy atom. The van der Waals surface area contributed by atoms with Gasteiger partial charge in [0, 0.05) is 23.4 Å². The smallest absolute Gasteiger partial charge is 0.254 e. The lowest BCUT2D eigenvalue weighted by molar-refractivity contribution is -0.122. The molecule has 1 N–H and O–H groups in total. The molecular weight excluding hydrogens is 330 g/mol. The van der Waals surface area contributed by atoms with Crippen LogP contribution in [0.15, 0.2) is 35.1 Å². The zero-order chi connectivity index (χ0) is 18.5. The first-order valence-electron chi connectivity index (χ1n) is 9.09. The van der Waals surface area contributed by atoms with Gasteiger partial charge in [0.2, 0.25) is 5.91 Å². The van der Waals surface area contributed by atoms with Crippen LogP contribution >= 0.6 is 0 Å². The number of amides is 1. The Morgan fingerprint density at radius 2 is 1.92 bits per heavy atom. The molecule has 1 fully saturated rings. The predicted molar refractivity (Wildman–Crippen MR) is 100 cm³/mol. The summed E-state index contributed by atoms with van der Waals surface area (Å²) in [6, 6.07) is 8.99. The molecular formula is C20H25N3O3. The average molecular weight is 355 g/mol. The van der Waals surface area contributed by atoms with Crippen LogP contribution < -0.4 is 15.6 Å². The number of hydrogen-bond acceptors (Lipinski definition) is 4. The van der Waals surface area contributed by atoms with Crippen LogP contribution in [0.2, 0.25) is 0 Å². The van der Waals surface area contributed by atoms with Gasteiger partial charge in [-0.2, -0.15) is 0 Å². The van der Waals surface area contributed by atoms with Gasteiger partial charge in [0.15, 0.2) is 0 Å². The summed E-state index contributed by atoms with van der Waals surface area (Å²) in [6.07, 6.45) is 5.55. The van der Waals surface area contributed by atoms with E-state index >= 15 is 0 Å². The number of carbonyl (C=O) groups is 1. The molecule has 2 aromatic rings. The molecule has 1 amide bonds. The molecule has 3 rings (SSSR count). The molecule has 0 saturated heterocycles. The Balaban J connectivity index is 1.85. The fourth-order valence-corrected chi connectivity index (χ4v) is 3.40. The molecule has 1 aliphatic rings. The third-order valence-electron chi connectivity index (χ3n) is 4.76. The fourth-order valence-electron chi connectivity index (χ4n) is 3.40. The summed E-state index contributed by atoms with van der Waals surface area (Å²) in [7, 11) is 1.60. The molecule has 1 heterocycles. The van der Waals surface area contributed by atoms with Gasteiger partial charge in [-0.05, 0) is 44.0 Å². The van der Waals surface area contributed by atoms with Crippen LogP contribution in [0, 0.1) is 6.92 Å². The second-order valence-corrected chi connectivity index (χ2v) is 6.78. The second-order valence-electron chi connectivity index (χ2n) is 6.78. The normalized spacial score (nSPS) is 14.8. The van der Waals surface area contributed by atoms with Gasteiger partial charge in [0.05, 0.1) is 7.11 Å². The minimum atomic E-state index is -0.220. The lowest BCUT2D eigenvalue weighted by Crippen LogP contribution is -2.40. The molecule has 0 aliphatic heterocycles. The van der Waals surface area contributed by atoms with Crippen LogP contribution in [0.5, 0.6) is 5.75 Å². The third-order valence-corrected chi connectivity index (χ3v) is 4.76. The highest BCUT2D eigenvalue weighted by molar-refractivity contribution is 5.76. The molecule has 0 bridgehead atoms. The molecule has 1 aromatic carbocycles. The van der Waals surface area contributed by atoms with Gasteiger partial charge < -0.3 is 10.1 Å². The van der Waals surface area contributed by atoms with E-state index in [0.29, 0.717) is 11.5 Å². The van der Waals surface area contributed by atoms with Crippen molar-refractivity contribution >= 4 is 5.91 Å². The summed E-state index contributed by atoms with van der Waals surface area (Å²) in [5.41, 5.74) is 1.18. The summed E-state index contributed by atoms with van der Waals surface area (Å²) >= 11 is 0. The lowest BCUT2D eigenvalue weighted by Gasteiger charge is -2.23. The molecule has 0 unspecified atom stereocenters. The average Bonchev–Trinajstić information content (AvgIpc) is 2.64. The molecule has 0 atom stereocenters. The van der Waals surface area contributed by atoms with Crippen LogP contribution in [0.3, 0.4) is 0 Å². The highest BCUT2D eigenvalue weighted by atomic mass is 16.5. The van der Waals surface area contributed by atoms with E-state index < -0.39 is 0 Å². The minimum absolute atomic E-state index is 0.0238. The van der Waals surface area contributed by atoms with E-state index in [2.05, 4.69) is 10.3 Å². The number of rotatable bonds is 5. The highest BCUT2D eigenvalue weighted by Gasteiger charge is 2.18. The van der Waals surface area contributed by atoms with Crippen molar-refractivity contribution < 1.29 is 9.53 Å². The van der Waals surface area contributed by atoms with Gasteiger partial charge in [0.25, 0.3) is 5.56 Å². The standard InChI is InChI=1S/C20H25N3O3/c1-14-12-19(25)23(13-18(24)22-16-6-4-3-5-7-16)20(21-14)15-8-10-17(26-2)11-9-15/h8-12,16H,3-7,13H2,1-2H3,(H,22,24). The van der Waals surface area contributed by atoms with Gasteiger partial charge in [-0.15, -0.1) is 0 Å². The Bertz CT molecular complexity index is 821. The van der Waals surface area contributed by atoms with Crippen molar-refractivity contribution in [3.8, 4) is 17.1 Å². The minimum Gasteiger partial charge on any atom is -0.497 e. The summed E-state index contributed by atoms with van der Waals surface area (Å²) in [5, 5.41) is 3.06. The number of aromatic nitrogens is 2. The number of nitrogens with one attached hydrogen (secondary N) is 1. The number of nitrogens with zero attached hydrogens (tertiary/aromatic N) is 2. The number of carbonyl (C=O) groups excluding carboxylic acids is 1. The van der Waals surface area contributed by atoms with Crippen molar-refractivity contribution in [2.75, 3.05) is 7.11 Å². The summed E-state index contributed by atoms with van der Waals surface area (Å²) in [4.78, 5) is 29.5. The number of hydrogen-bond donors (Lipinski definition) is 1. The van der Waals surface area contributed by atoms with Gasteiger partial charge in [-0.25, -0.2) is 4.98 Å². The zero-order valence-electron chi connectivity index (χ0n) is 15.3. The quantitative estimate of drug-likeness (QED) is 0.895. The van der Waals surface area contributed by atoms with Crippen molar-refractivity contribution in [2.24, 2.45) is 0 Å². The van der Waals surface area contributed by atoms with E-state index in [4.69, 9.17) is 4.74 Å². The predicted octanol–water partition coefficient (Wildman–Crippen LogP) is 2.68. The van der Waals surface area contributed by atoms with Gasteiger partial charge in [-0.1, -0.05) is 19.3 Å². The molecule has 6 nitrogen and oxygen atoms in total. The first kappa shape index (κ1) is 18.2. The number of benzene rings is 1. The topological polar surface area (TPSA) is 73.2 Å². The highest BCUT2D eigenvalue weighted by Crippen LogP contribution is 2.21. The van der Waals surface area contributed by atoms with Gasteiger partial charge in [0.1, 0.15) is 18.1 Å². The molecule has 6 heteroatoms. The first-order valence-corrected chi connectivity index (χ1v) is 9.09. The Labute approximate surface area is 153 Å². The van der Waals surface area contributed by atoms with E-state index in [1.165, 1.54) is 17.1 Å². The Morgan fingerprint density at radius 1 is 1.23 bits per heavy atom. The summed E-state index contributed by atoms with van der Waals surface area (Å²) < 4.78 is 6.62. The first-order chi connectivity index (χ1) is 12.6. The molecule has 26 heavy (non-hydrogen) atoms. The molecule has 138 valence electrons. The fraction of sp³-hybridized carbons (Fsp3) is 0.450. The second kappa shape index (κ2) is 8.17. The van der Waals surface area contributed by atoms with Crippen LogP contribution in [0.25, 0.3) is 11.4 Å². The van der Waals surface area contributed by atoms with Crippen LogP contribution in [-0.4, -0.2) is 28.6 Å². The Hall–Kier alpha value is -2.63. The summed E-state index contributed by atoms with van der Waals surface area (Å²) in [6.45, 7) is 1.75. The lowest BCUT2D eigenvalue weighted by atomic mass is 9.95. The van der Waals surface area contributed by atoms with Crippen LogP contribution in [0.4, 0.5) is 0 Å². The summed E-state index contributed by atoms with van der Waals surface area (Å²) in [5.74, 6) is 1.08. The monoisotopic (exact) mass is 355 g/mol. The third kappa shape index (κ3) is 4.31. The van der Waals surface area contributed by atoms with Gasteiger partial charge in [-0.3, -0.25) is 14.2 Å². The molecule has 0 radical (unpaired) electrons. The maximum atomic E-state index is 12.5. The van der Waals surface area contributed by atoms with E-state index in [9.17, 15) is 9.59 Å². The van der Waals surface area contributed by atoms with Crippen molar-refractivity contribution in [3.05, 3.63) is 46.4 Å². The number of aryl methyl sites for hydroxylation is 1. The zero-order valence-corrected chi connectivity index (χ0v) is 15.3. The van der Waals surface area contributed by atoms with Crippen molar-refractivity contribution in [3.63, 3.8) is 0 Å². The molecule has 1 aliphatic carbocycles. The van der Waals surface area contributed by atoms with E-state index in [-0.39, 0.29) is 24.1 Å². The van der Waals surface area contributed by atoms with E-state index in [1.54, 1.807) is 14.0 Å². The SMILES string of the molecule is COc1ccc(-c2nc(C)cc(=O)n2CC(=O)NC2CCCCC2)cc1. The maximum Gasteiger partial charge on any atom is 0.254 e. The van der Waals surface area contributed by atoms with E-state index in [1.807, 2.05) is 24.3 Å².